The Morgan fingerprint density at radius 3 is 2.83 bits per heavy atom. The van der Waals surface area contributed by atoms with Gasteiger partial charge in [-0.3, -0.25) is 4.79 Å². The summed E-state index contributed by atoms with van der Waals surface area (Å²) >= 11 is 0. The Labute approximate surface area is 103 Å². The standard InChI is InChI=1S/C12H11N5O/c1-8-6-9(2)17-11(15-8)10(7-14-17)12(18)16-5-3-4-13-16/h3-7H,1-2H3. The van der Waals surface area contributed by atoms with Crippen molar-refractivity contribution in [2.75, 3.05) is 0 Å². The first-order chi connectivity index (χ1) is 8.66. The van der Waals surface area contributed by atoms with Crippen LogP contribution in [0.3, 0.4) is 0 Å². The van der Waals surface area contributed by atoms with Gasteiger partial charge in [-0.15, -0.1) is 0 Å². The zero-order chi connectivity index (χ0) is 12.7. The van der Waals surface area contributed by atoms with Crippen LogP contribution >= 0.6 is 0 Å². The largest absolute Gasteiger partial charge is 0.283 e. The topological polar surface area (TPSA) is 65.1 Å². The molecule has 0 radical (unpaired) electrons. The smallest absolute Gasteiger partial charge is 0.267 e. The van der Waals surface area contributed by atoms with Gasteiger partial charge in [0.05, 0.1) is 6.20 Å². The number of nitrogens with zero attached hydrogens (tertiary/aromatic N) is 5. The number of rotatable bonds is 1. The van der Waals surface area contributed by atoms with Crippen molar-refractivity contribution in [3.8, 4) is 0 Å². The number of carbonyl (C=O) groups excluding carboxylic acids is 1. The van der Waals surface area contributed by atoms with E-state index >= 15 is 0 Å². The van der Waals surface area contributed by atoms with Crippen LogP contribution in [0.4, 0.5) is 0 Å². The molecule has 18 heavy (non-hydrogen) atoms. The molecule has 0 bridgehead atoms. The molecule has 0 aliphatic rings. The van der Waals surface area contributed by atoms with E-state index in [1.54, 1.807) is 23.0 Å². The van der Waals surface area contributed by atoms with E-state index in [1.807, 2.05) is 19.9 Å². The maximum Gasteiger partial charge on any atom is 0.283 e. The summed E-state index contributed by atoms with van der Waals surface area (Å²) < 4.78 is 2.93. The molecule has 0 fully saturated rings. The Bertz CT molecular complexity index is 726. The lowest BCUT2D eigenvalue weighted by Crippen LogP contribution is -2.12. The first-order valence-corrected chi connectivity index (χ1v) is 5.53. The molecular weight excluding hydrogens is 230 g/mol. The van der Waals surface area contributed by atoms with Crippen LogP contribution in [0.25, 0.3) is 5.65 Å². The Hall–Kier alpha value is -2.50. The molecule has 3 rings (SSSR count). The summed E-state index contributed by atoms with van der Waals surface area (Å²) in [6.07, 6.45) is 4.70. The predicted molar refractivity (Wildman–Crippen MR) is 64.4 cm³/mol. The van der Waals surface area contributed by atoms with Gasteiger partial charge in [-0.1, -0.05) is 0 Å². The Balaban J connectivity index is 2.22. The van der Waals surface area contributed by atoms with Gasteiger partial charge in [-0.05, 0) is 26.0 Å². The molecule has 6 heteroatoms. The average Bonchev–Trinajstić information content (AvgIpc) is 2.96. The normalized spacial score (nSPS) is 11.0. The molecule has 0 spiro atoms. The maximum absolute atomic E-state index is 12.2. The van der Waals surface area contributed by atoms with Gasteiger partial charge in [0.1, 0.15) is 5.56 Å². The van der Waals surface area contributed by atoms with E-state index in [9.17, 15) is 4.79 Å². The zero-order valence-corrected chi connectivity index (χ0v) is 10.0. The highest BCUT2D eigenvalue weighted by molar-refractivity contribution is 6.00. The Kier molecular flexibility index (Phi) is 2.22. The van der Waals surface area contributed by atoms with Gasteiger partial charge in [-0.25, -0.2) is 14.2 Å². The second-order valence-corrected chi connectivity index (χ2v) is 4.09. The summed E-state index contributed by atoms with van der Waals surface area (Å²) in [5.41, 5.74) is 2.81. The third-order valence-electron chi connectivity index (χ3n) is 2.72. The highest BCUT2D eigenvalue weighted by Crippen LogP contribution is 2.12. The molecule has 6 nitrogen and oxygen atoms in total. The number of carbonyl (C=O) groups is 1. The van der Waals surface area contributed by atoms with E-state index in [4.69, 9.17) is 0 Å². The lowest BCUT2D eigenvalue weighted by Gasteiger charge is -2.02. The molecule has 0 atom stereocenters. The number of aryl methyl sites for hydroxylation is 2. The third kappa shape index (κ3) is 1.50. The summed E-state index contributed by atoms with van der Waals surface area (Å²) in [5, 5.41) is 8.11. The second-order valence-electron chi connectivity index (χ2n) is 4.09. The summed E-state index contributed by atoms with van der Waals surface area (Å²) in [5.74, 6) is -0.229. The van der Waals surface area contributed by atoms with E-state index in [0.29, 0.717) is 11.2 Å². The second kappa shape index (κ2) is 3.76. The van der Waals surface area contributed by atoms with Crippen LogP contribution in [0.15, 0.2) is 30.7 Å². The molecule has 90 valence electrons. The third-order valence-corrected chi connectivity index (χ3v) is 2.72. The first-order valence-electron chi connectivity index (χ1n) is 5.53. The maximum atomic E-state index is 12.2. The molecule has 3 aromatic heterocycles. The highest BCUT2D eigenvalue weighted by atomic mass is 16.2. The van der Waals surface area contributed by atoms with Crippen molar-refractivity contribution in [2.24, 2.45) is 0 Å². The van der Waals surface area contributed by atoms with Gasteiger partial charge in [0.25, 0.3) is 5.91 Å². The van der Waals surface area contributed by atoms with Crippen LogP contribution in [-0.2, 0) is 0 Å². The van der Waals surface area contributed by atoms with Gasteiger partial charge in [-0.2, -0.15) is 10.2 Å². The molecule has 3 aromatic rings. The summed E-state index contributed by atoms with van der Waals surface area (Å²) in [6, 6.07) is 3.62. The van der Waals surface area contributed by atoms with Crippen molar-refractivity contribution in [3.63, 3.8) is 0 Å². The van der Waals surface area contributed by atoms with E-state index in [2.05, 4.69) is 15.2 Å². The Morgan fingerprint density at radius 2 is 2.11 bits per heavy atom. The van der Waals surface area contributed by atoms with Crippen molar-refractivity contribution < 1.29 is 4.79 Å². The fourth-order valence-electron chi connectivity index (χ4n) is 1.93. The van der Waals surface area contributed by atoms with Crippen molar-refractivity contribution in [3.05, 3.63) is 47.7 Å². The molecule has 0 saturated heterocycles. The Morgan fingerprint density at radius 1 is 1.28 bits per heavy atom. The van der Waals surface area contributed by atoms with Crippen LogP contribution in [0.2, 0.25) is 0 Å². The van der Waals surface area contributed by atoms with E-state index in [0.717, 1.165) is 11.4 Å². The number of fused-ring (bicyclic) bond motifs is 1. The van der Waals surface area contributed by atoms with E-state index in [-0.39, 0.29) is 5.91 Å². The summed E-state index contributed by atoms with van der Waals surface area (Å²) in [6.45, 7) is 3.82. The van der Waals surface area contributed by atoms with Crippen molar-refractivity contribution in [1.82, 2.24) is 24.4 Å². The molecule has 0 amide bonds. The monoisotopic (exact) mass is 241 g/mol. The minimum Gasteiger partial charge on any atom is -0.267 e. The average molecular weight is 241 g/mol. The van der Waals surface area contributed by atoms with Crippen molar-refractivity contribution in [2.45, 2.75) is 13.8 Å². The van der Waals surface area contributed by atoms with Gasteiger partial charge in [0, 0.05) is 23.8 Å². The predicted octanol–water partition coefficient (Wildman–Crippen LogP) is 1.23. The van der Waals surface area contributed by atoms with Crippen LogP contribution in [0.1, 0.15) is 21.7 Å². The molecule has 0 aromatic carbocycles. The van der Waals surface area contributed by atoms with E-state index < -0.39 is 0 Å². The minimum atomic E-state index is -0.229. The summed E-state index contributed by atoms with van der Waals surface area (Å²) in [4.78, 5) is 16.6. The minimum absolute atomic E-state index is 0.229. The quantitative estimate of drug-likeness (QED) is 0.642. The molecule has 0 saturated carbocycles. The van der Waals surface area contributed by atoms with Crippen LogP contribution in [0, 0.1) is 13.8 Å². The van der Waals surface area contributed by atoms with Crippen LogP contribution < -0.4 is 0 Å². The van der Waals surface area contributed by atoms with Crippen LogP contribution in [0.5, 0.6) is 0 Å². The highest BCUT2D eigenvalue weighted by Gasteiger charge is 2.17. The fourth-order valence-corrected chi connectivity index (χ4v) is 1.93. The molecule has 0 aliphatic carbocycles. The number of hydrogen-bond donors (Lipinski definition) is 0. The SMILES string of the molecule is Cc1cc(C)n2ncc(C(=O)n3cccn3)c2n1. The van der Waals surface area contributed by atoms with Crippen molar-refractivity contribution >= 4 is 11.6 Å². The van der Waals surface area contributed by atoms with Crippen molar-refractivity contribution in [1.29, 1.82) is 0 Å². The number of hydrogen-bond acceptors (Lipinski definition) is 4. The fraction of sp³-hybridized carbons (Fsp3) is 0.167. The molecule has 0 aliphatic heterocycles. The zero-order valence-electron chi connectivity index (χ0n) is 10.0. The van der Waals surface area contributed by atoms with Gasteiger partial charge < -0.3 is 0 Å². The van der Waals surface area contributed by atoms with Gasteiger partial charge in [0.15, 0.2) is 5.65 Å². The van der Waals surface area contributed by atoms with Gasteiger partial charge in [0.2, 0.25) is 0 Å². The van der Waals surface area contributed by atoms with Gasteiger partial charge >= 0.3 is 0 Å². The molecule has 0 N–H and O–H groups in total. The molecular formula is C12H11N5O. The lowest BCUT2D eigenvalue weighted by atomic mass is 10.3. The van der Waals surface area contributed by atoms with Crippen LogP contribution in [-0.4, -0.2) is 30.3 Å². The molecule has 3 heterocycles. The van der Waals surface area contributed by atoms with E-state index in [1.165, 1.54) is 10.9 Å². The first kappa shape index (κ1) is 10.6. The molecule has 0 unspecified atom stereocenters. The lowest BCUT2D eigenvalue weighted by molar-refractivity contribution is 0.0946. The number of aromatic nitrogens is 5. The summed E-state index contributed by atoms with van der Waals surface area (Å²) in [7, 11) is 0.